The van der Waals surface area contributed by atoms with Gasteiger partial charge in [0.15, 0.2) is 22.7 Å². The number of aliphatic carboxylic acids is 1. The molecule has 0 amide bonds. The summed E-state index contributed by atoms with van der Waals surface area (Å²) in [4.78, 5) is 24.2. The van der Waals surface area contributed by atoms with Gasteiger partial charge in [-0.1, -0.05) is 214 Å². The molecule has 0 bridgehead atoms. The molecule has 4 aromatic carbocycles. The lowest BCUT2D eigenvalue weighted by molar-refractivity contribution is -0.145. The molecule has 0 saturated carbocycles. The molecule has 1 heterocycles. The third-order valence-corrected chi connectivity index (χ3v) is 26.2. The van der Waals surface area contributed by atoms with Crippen LogP contribution in [0.1, 0.15) is 145 Å². The molecule has 4 aromatic rings. The Bertz CT molecular complexity index is 3020. The van der Waals surface area contributed by atoms with Crippen LogP contribution in [0, 0.1) is 47.4 Å². The zero-order chi connectivity index (χ0) is 66.0. The van der Waals surface area contributed by atoms with Gasteiger partial charge in [0.25, 0.3) is 0 Å². The largest absolute Gasteiger partial charge is 0.481 e. The maximum atomic E-state index is 12.4. The van der Waals surface area contributed by atoms with Crippen LogP contribution in [0.15, 0.2) is 156 Å². The number of cyclic esters (lactones) is 1. The molecule has 12 atom stereocenters. The van der Waals surface area contributed by atoms with Gasteiger partial charge in [0.05, 0.1) is 62.7 Å². The average molecular weight is 1250 g/mol. The van der Waals surface area contributed by atoms with E-state index in [-0.39, 0.29) is 46.2 Å². The van der Waals surface area contributed by atoms with Crippen molar-refractivity contribution < 1.29 is 52.3 Å². The number of benzene rings is 4. The number of hydrogen-bond donors (Lipinski definition) is 2. The second-order valence-corrected chi connectivity index (χ2v) is 36.4. The second-order valence-electron chi connectivity index (χ2n) is 26.9. The molecule has 5 rings (SSSR count). The van der Waals surface area contributed by atoms with Gasteiger partial charge in [0, 0.05) is 6.42 Å². The van der Waals surface area contributed by atoms with Gasteiger partial charge in [0.2, 0.25) is 0 Å². The highest BCUT2D eigenvalue weighted by molar-refractivity contribution is 6.74. The molecular weight excluding hydrogens is 1140 g/mol. The van der Waals surface area contributed by atoms with Crippen molar-refractivity contribution in [3.63, 3.8) is 0 Å². The van der Waals surface area contributed by atoms with Crippen molar-refractivity contribution in [2.75, 3.05) is 0 Å². The summed E-state index contributed by atoms with van der Waals surface area (Å²) >= 11 is 0. The molecule has 1 aliphatic rings. The summed E-state index contributed by atoms with van der Waals surface area (Å²) in [7, 11) is -3.96. The van der Waals surface area contributed by atoms with E-state index in [2.05, 4.69) is 142 Å². The summed E-state index contributed by atoms with van der Waals surface area (Å²) in [6.45, 7) is 39.9. The Morgan fingerprint density at radius 2 is 1.10 bits per heavy atom. The second kappa shape index (κ2) is 36.8. The molecule has 0 unspecified atom stereocenters. The van der Waals surface area contributed by atoms with E-state index < -0.39 is 65.0 Å². The van der Waals surface area contributed by atoms with Crippen molar-refractivity contribution in [1.29, 1.82) is 0 Å². The Kier molecular flexibility index (Phi) is 31.3. The van der Waals surface area contributed by atoms with Crippen LogP contribution in [0.3, 0.4) is 0 Å². The summed E-state index contributed by atoms with van der Waals surface area (Å²) in [5, 5.41) is 21.2. The maximum absolute atomic E-state index is 12.4. The minimum absolute atomic E-state index is 0.0147. The molecule has 1 saturated heterocycles. The SMILES string of the molecule is CC[C@@H](O[Si](C)(C)C(C)(C)C)C(C)=C=C[C@@H](OCc1ccccc1)[C@H](C)CC(C)=C=C[C@H](OCc1ccccc1)[C@@H](C)C(=O)O.CC[C@H](C#C[C@@H](O)[C@@H](OCc1ccccc1)[C@H](C)CC#C[C@H]1OC(=O)[C@H](C)[C@H]1OCc1ccccc1)O[Si](C)(C)C(C)(C)C. The summed E-state index contributed by atoms with van der Waals surface area (Å²) in [5.41, 5.74) is 13.1. The van der Waals surface area contributed by atoms with Crippen molar-refractivity contribution in [2.24, 2.45) is 23.7 Å². The summed E-state index contributed by atoms with van der Waals surface area (Å²) < 4.78 is 43.7. The number of ether oxygens (including phenoxy) is 5. The number of carbonyl (C=O) groups excluding carboxylic acids is 1. The van der Waals surface area contributed by atoms with Gasteiger partial charge >= 0.3 is 11.9 Å². The van der Waals surface area contributed by atoms with E-state index in [0.717, 1.165) is 52.7 Å². The Hall–Kier alpha value is -5.87. The van der Waals surface area contributed by atoms with Crippen LogP contribution >= 0.6 is 0 Å². The fraction of sp³-hybridized carbons (Fsp3) is 0.526. The smallest absolute Gasteiger partial charge is 0.312 e. The summed E-state index contributed by atoms with van der Waals surface area (Å²) in [5.74, 6) is 10.2. The van der Waals surface area contributed by atoms with Crippen LogP contribution < -0.4 is 0 Å². The Morgan fingerprint density at radius 3 is 1.57 bits per heavy atom. The lowest BCUT2D eigenvalue weighted by Crippen LogP contribution is -2.44. The van der Waals surface area contributed by atoms with Crippen molar-refractivity contribution >= 4 is 28.6 Å². The van der Waals surface area contributed by atoms with Crippen LogP contribution in [-0.2, 0) is 68.6 Å². The molecule has 0 radical (unpaired) electrons. The number of hydrogen-bond acceptors (Lipinski definition) is 10. The predicted molar refractivity (Wildman–Crippen MR) is 364 cm³/mol. The molecule has 0 spiro atoms. The van der Waals surface area contributed by atoms with Gasteiger partial charge in [0.1, 0.15) is 18.3 Å². The lowest BCUT2D eigenvalue weighted by Gasteiger charge is -2.39. The van der Waals surface area contributed by atoms with Crippen molar-refractivity contribution in [3.8, 4) is 23.7 Å². The average Bonchev–Trinajstić information content (AvgIpc) is 3.66. The van der Waals surface area contributed by atoms with Gasteiger partial charge in [-0.15, -0.1) is 11.5 Å². The van der Waals surface area contributed by atoms with Crippen LogP contribution in [0.5, 0.6) is 0 Å². The van der Waals surface area contributed by atoms with Crippen molar-refractivity contribution in [1.82, 2.24) is 0 Å². The third-order valence-electron chi connectivity index (χ3n) is 17.2. The molecule has 13 heteroatoms. The topological polar surface area (TPSA) is 139 Å². The molecule has 1 fully saturated rings. The molecule has 0 aromatic heterocycles. The Labute approximate surface area is 538 Å². The van der Waals surface area contributed by atoms with Crippen LogP contribution in [0.4, 0.5) is 0 Å². The standard InChI is InChI=1S/C39H56O5Si.C37H50O6Si/c1-11-35(44-45(9,10)39(6,7)8)30(3)23-25-36(42-27-33-18-14-12-15-19-33)31(4)26-29(2)22-24-37(32(5)38(40)41)43-28-34-20-16-13-17-21-34;1-9-31(43-44(7,8)37(4,5)6)23-24-32(38)34(40-25-29-18-12-10-13-19-29)27(2)17-16-22-33-35(28(3)36(39)42-33)41-26-30-20-14-11-15-21-30/h12-21,24-25,31-32,35-37H,11,26-28H2,1-10H3,(H,40,41);10-15,18-21,27-28,31-35,38H,9,17,25-26H2,1-8H3/t22?,23?,31-,32-,35-,36-,37+;27-,28-,31-,32-,33-,34+,35-/m11/s1. The number of aliphatic hydroxyl groups is 1. The zero-order valence-electron chi connectivity index (χ0n) is 56.9. The summed E-state index contributed by atoms with van der Waals surface area (Å²) in [6.07, 6.45) is 2.80. The van der Waals surface area contributed by atoms with Gasteiger partial charge < -0.3 is 42.7 Å². The molecule has 11 nitrogen and oxygen atoms in total. The molecule has 484 valence electrons. The quantitative estimate of drug-likeness (QED) is 0.0232. The number of carbonyl (C=O) groups is 2. The zero-order valence-corrected chi connectivity index (χ0v) is 58.9. The Morgan fingerprint density at radius 1 is 0.640 bits per heavy atom. The fourth-order valence-electron chi connectivity index (χ4n) is 9.17. The van der Waals surface area contributed by atoms with E-state index >= 15 is 0 Å². The molecule has 0 aliphatic carbocycles. The van der Waals surface area contributed by atoms with Gasteiger partial charge in [-0.25, -0.2) is 0 Å². The first-order valence-corrected chi connectivity index (χ1v) is 37.7. The van der Waals surface area contributed by atoms with Gasteiger partial charge in [-0.3, -0.25) is 9.59 Å². The number of rotatable bonds is 29. The van der Waals surface area contributed by atoms with E-state index in [9.17, 15) is 19.8 Å². The number of carboxylic acids is 1. The van der Waals surface area contributed by atoms with Gasteiger partial charge in [-0.2, -0.15) is 0 Å². The molecule has 89 heavy (non-hydrogen) atoms. The highest BCUT2D eigenvalue weighted by atomic mass is 28.4. The third kappa shape index (κ3) is 25.7. The fourth-order valence-corrected chi connectivity index (χ4v) is 11.9. The molecule has 1 aliphatic heterocycles. The first-order chi connectivity index (χ1) is 42.0. The first kappa shape index (κ1) is 75.6. The van der Waals surface area contributed by atoms with Crippen molar-refractivity contribution in [2.45, 2.75) is 234 Å². The van der Waals surface area contributed by atoms with E-state index in [1.165, 1.54) is 0 Å². The minimum Gasteiger partial charge on any atom is -0.481 e. The normalized spacial score (nSPS) is 18.1. The monoisotopic (exact) mass is 1250 g/mol. The maximum Gasteiger partial charge on any atom is 0.312 e. The lowest BCUT2D eigenvalue weighted by atomic mass is 9.95. The molecular formula is C76H106O11Si2. The minimum atomic E-state index is -2.02. The highest BCUT2D eigenvalue weighted by Crippen LogP contribution is 2.39. The summed E-state index contributed by atoms with van der Waals surface area (Å²) in [6, 6.07) is 39.7. The van der Waals surface area contributed by atoms with E-state index in [4.69, 9.17) is 32.5 Å². The van der Waals surface area contributed by atoms with E-state index in [1.807, 2.05) is 137 Å². The van der Waals surface area contributed by atoms with Crippen LogP contribution in [0.2, 0.25) is 36.3 Å². The number of aliphatic hydroxyl groups excluding tert-OH is 1. The van der Waals surface area contributed by atoms with Crippen LogP contribution in [0.25, 0.3) is 0 Å². The Balaban J connectivity index is 0.000000380. The number of carboxylic acid groups (broad SMARTS) is 1. The van der Waals surface area contributed by atoms with E-state index in [1.54, 1.807) is 13.0 Å². The predicted octanol–water partition coefficient (Wildman–Crippen LogP) is 16.8. The number of esters is 1. The van der Waals surface area contributed by atoms with Crippen LogP contribution in [-0.4, -0.2) is 87.6 Å². The first-order valence-electron chi connectivity index (χ1n) is 31.9. The van der Waals surface area contributed by atoms with E-state index in [0.29, 0.717) is 32.8 Å². The molecule has 2 N–H and O–H groups in total. The van der Waals surface area contributed by atoms with Crippen molar-refractivity contribution in [3.05, 3.63) is 178 Å². The highest BCUT2D eigenvalue weighted by Gasteiger charge is 2.43. The van der Waals surface area contributed by atoms with Gasteiger partial charge in [-0.05, 0) is 141 Å².